The van der Waals surface area contributed by atoms with Crippen molar-refractivity contribution >= 4 is 34.1 Å². The molecule has 3 atom stereocenters. The number of ether oxygens (including phenoxy) is 4. The highest BCUT2D eigenvalue weighted by Gasteiger charge is 2.43. The number of rotatable bonds is 3. The lowest BCUT2D eigenvalue weighted by atomic mass is 9.97. The molecule has 35 heavy (non-hydrogen) atoms. The Morgan fingerprint density at radius 2 is 2.11 bits per heavy atom. The summed E-state index contributed by atoms with van der Waals surface area (Å²) >= 11 is 0. The van der Waals surface area contributed by atoms with Crippen LogP contribution in [0.1, 0.15) is 5.56 Å². The van der Waals surface area contributed by atoms with Gasteiger partial charge in [-0.25, -0.2) is 19.2 Å². The summed E-state index contributed by atoms with van der Waals surface area (Å²) in [6.45, 7) is 4.39. The van der Waals surface area contributed by atoms with Crippen LogP contribution in [0.15, 0.2) is 24.5 Å². The predicted octanol–water partition coefficient (Wildman–Crippen LogP) is 3.09. The third-order valence-corrected chi connectivity index (χ3v) is 6.75. The zero-order chi connectivity index (χ0) is 24.1. The van der Waals surface area contributed by atoms with Crippen LogP contribution in [0.3, 0.4) is 0 Å². The van der Waals surface area contributed by atoms with Gasteiger partial charge in [0.05, 0.1) is 37.5 Å². The largest absolute Gasteiger partial charge is 0.474 e. The molecule has 4 N–H and O–H groups in total. The van der Waals surface area contributed by atoms with Crippen LogP contribution in [0.2, 0.25) is 0 Å². The third-order valence-electron chi connectivity index (χ3n) is 6.75. The van der Waals surface area contributed by atoms with E-state index in [0.29, 0.717) is 60.8 Å². The molecule has 6 rings (SSSR count). The summed E-state index contributed by atoms with van der Waals surface area (Å²) in [6, 6.07) is 3.30. The molecule has 0 spiro atoms. The maximum absolute atomic E-state index is 15.3. The lowest BCUT2D eigenvalue weighted by Crippen LogP contribution is -2.30. The van der Waals surface area contributed by atoms with E-state index in [1.165, 1.54) is 6.20 Å². The number of amides is 1. The van der Waals surface area contributed by atoms with Crippen LogP contribution in [-0.4, -0.2) is 61.2 Å². The second kappa shape index (κ2) is 8.51. The second-order valence-corrected chi connectivity index (χ2v) is 8.84. The molecule has 2 fully saturated rings. The summed E-state index contributed by atoms with van der Waals surface area (Å²) in [7, 11) is 0. The normalized spacial score (nSPS) is 22.7. The molecule has 5 heterocycles. The number of nitrogens with zero attached hydrogens (tertiary/aromatic N) is 2. The monoisotopic (exact) mass is 481 g/mol. The van der Waals surface area contributed by atoms with E-state index in [1.54, 1.807) is 18.3 Å². The number of aromatic nitrogens is 2. The van der Waals surface area contributed by atoms with Crippen LogP contribution in [0.4, 0.5) is 26.4 Å². The van der Waals surface area contributed by atoms with Gasteiger partial charge in [0, 0.05) is 35.5 Å². The summed E-state index contributed by atoms with van der Waals surface area (Å²) in [5.41, 5.74) is 8.53. The van der Waals surface area contributed by atoms with Gasteiger partial charge in [-0.05, 0) is 30.0 Å². The molecular weight excluding hydrogens is 457 g/mol. The highest BCUT2D eigenvalue weighted by molar-refractivity contribution is 5.99. The van der Waals surface area contributed by atoms with Gasteiger partial charge in [0.15, 0.2) is 5.82 Å². The van der Waals surface area contributed by atoms with Gasteiger partial charge in [-0.2, -0.15) is 0 Å². The molecule has 2 aromatic heterocycles. The van der Waals surface area contributed by atoms with Crippen molar-refractivity contribution in [1.82, 2.24) is 9.97 Å². The number of pyridine rings is 2. The molecule has 1 aromatic carbocycles. The van der Waals surface area contributed by atoms with Crippen LogP contribution in [0, 0.1) is 18.7 Å². The van der Waals surface area contributed by atoms with Crippen molar-refractivity contribution < 1.29 is 28.1 Å². The van der Waals surface area contributed by atoms with Gasteiger partial charge >= 0.3 is 6.09 Å². The standard InChI is InChI=1S/C24H24FN5O5/c1-11-14(6-29-23-22(11)27-2-3-33-23)13-4-12-5-19(28-7-15(12)21(26)20(13)25)30-24(31)35-18-10-34-17-9-32-8-16(17)18/h4-7,16-18,27H,2-3,8-10,26H2,1H3,(H,28,30,31)/t16-,17+,18-/m1/s1. The minimum atomic E-state index is -0.644. The van der Waals surface area contributed by atoms with Crippen LogP contribution in [0.5, 0.6) is 5.88 Å². The van der Waals surface area contributed by atoms with Gasteiger partial charge in [-0.3, -0.25) is 5.32 Å². The first-order chi connectivity index (χ1) is 17.0. The number of carbonyl (C=O) groups excluding carboxylic acids is 1. The number of fused-ring (bicyclic) bond motifs is 3. The lowest BCUT2D eigenvalue weighted by molar-refractivity contribution is 0.0357. The van der Waals surface area contributed by atoms with E-state index in [-0.39, 0.29) is 29.6 Å². The number of carbonyl (C=O) groups is 1. The Balaban J connectivity index is 1.29. The molecule has 0 aliphatic carbocycles. The van der Waals surface area contributed by atoms with Gasteiger partial charge < -0.3 is 30.0 Å². The van der Waals surface area contributed by atoms with Crippen molar-refractivity contribution in [3.63, 3.8) is 0 Å². The Morgan fingerprint density at radius 3 is 3.00 bits per heavy atom. The van der Waals surface area contributed by atoms with Crippen molar-refractivity contribution in [1.29, 1.82) is 0 Å². The van der Waals surface area contributed by atoms with E-state index < -0.39 is 11.9 Å². The van der Waals surface area contributed by atoms with Crippen LogP contribution >= 0.6 is 0 Å². The highest BCUT2D eigenvalue weighted by atomic mass is 19.1. The summed E-state index contributed by atoms with van der Waals surface area (Å²) in [4.78, 5) is 21.1. The summed E-state index contributed by atoms with van der Waals surface area (Å²) < 4.78 is 37.4. The first kappa shape index (κ1) is 21.8. The van der Waals surface area contributed by atoms with Gasteiger partial charge in [-0.1, -0.05) is 0 Å². The summed E-state index contributed by atoms with van der Waals surface area (Å²) in [5, 5.41) is 6.95. The van der Waals surface area contributed by atoms with Crippen LogP contribution < -0.4 is 21.1 Å². The minimum Gasteiger partial charge on any atom is -0.474 e. The number of nitrogens with two attached hydrogens (primary N) is 1. The van der Waals surface area contributed by atoms with Gasteiger partial charge in [0.2, 0.25) is 5.88 Å². The average molecular weight is 481 g/mol. The Labute approximate surface area is 199 Å². The number of nitrogens with one attached hydrogen (secondary N) is 2. The number of hydrogen-bond donors (Lipinski definition) is 3. The molecule has 3 aliphatic heterocycles. The van der Waals surface area contributed by atoms with Crippen LogP contribution in [0.25, 0.3) is 21.9 Å². The first-order valence-corrected chi connectivity index (χ1v) is 11.4. The molecule has 1 amide bonds. The Morgan fingerprint density at radius 1 is 1.23 bits per heavy atom. The van der Waals surface area contributed by atoms with E-state index >= 15 is 4.39 Å². The summed E-state index contributed by atoms with van der Waals surface area (Å²) in [5.74, 6) is 0.219. The minimum absolute atomic E-state index is 0.0315. The first-order valence-electron chi connectivity index (χ1n) is 11.4. The topological polar surface area (TPSA) is 130 Å². The molecule has 2 saturated heterocycles. The smallest absolute Gasteiger partial charge is 0.413 e. The highest BCUT2D eigenvalue weighted by Crippen LogP contribution is 2.39. The van der Waals surface area contributed by atoms with Crippen molar-refractivity contribution in [2.45, 2.75) is 19.1 Å². The number of hydrogen-bond acceptors (Lipinski definition) is 9. The zero-order valence-corrected chi connectivity index (χ0v) is 19.0. The van der Waals surface area contributed by atoms with E-state index in [4.69, 9.17) is 24.7 Å². The SMILES string of the molecule is Cc1c(-c2cc3cc(NC(=O)O[C@@H]4CO[C@H]5COC[C@H]54)ncc3c(N)c2F)cnc2c1NCCO2. The quantitative estimate of drug-likeness (QED) is 0.483. The van der Waals surface area contributed by atoms with E-state index in [0.717, 1.165) is 11.3 Å². The van der Waals surface area contributed by atoms with Crippen molar-refractivity contribution in [3.05, 3.63) is 35.9 Å². The number of nitrogen functional groups attached to an aromatic ring is 1. The zero-order valence-electron chi connectivity index (χ0n) is 19.0. The van der Waals surface area contributed by atoms with Gasteiger partial charge in [0.1, 0.15) is 24.2 Å². The van der Waals surface area contributed by atoms with Crippen molar-refractivity contribution in [3.8, 4) is 17.0 Å². The molecule has 11 heteroatoms. The molecule has 0 bridgehead atoms. The van der Waals surface area contributed by atoms with E-state index in [2.05, 4.69) is 20.6 Å². The maximum atomic E-state index is 15.3. The van der Waals surface area contributed by atoms with Crippen molar-refractivity contribution in [2.75, 3.05) is 49.3 Å². The van der Waals surface area contributed by atoms with Gasteiger partial charge in [-0.15, -0.1) is 0 Å². The number of halogens is 1. The van der Waals surface area contributed by atoms with Crippen molar-refractivity contribution in [2.24, 2.45) is 5.92 Å². The molecule has 3 aromatic rings. The lowest BCUT2D eigenvalue weighted by Gasteiger charge is -2.22. The Bertz CT molecular complexity index is 1340. The molecule has 182 valence electrons. The molecule has 3 aliphatic rings. The van der Waals surface area contributed by atoms with E-state index in [9.17, 15) is 4.79 Å². The Hall–Kier alpha value is -3.70. The molecule has 0 saturated carbocycles. The van der Waals surface area contributed by atoms with E-state index in [1.807, 2.05) is 6.92 Å². The van der Waals surface area contributed by atoms with Gasteiger partial charge in [0.25, 0.3) is 0 Å². The molecule has 0 unspecified atom stereocenters. The maximum Gasteiger partial charge on any atom is 0.413 e. The molecular formula is C24H24FN5O5. The number of anilines is 3. The fourth-order valence-electron chi connectivity index (χ4n) is 4.86. The fraction of sp³-hybridized carbons (Fsp3) is 0.375. The molecule has 0 radical (unpaired) electrons. The third kappa shape index (κ3) is 3.76. The fourth-order valence-corrected chi connectivity index (χ4v) is 4.86. The second-order valence-electron chi connectivity index (χ2n) is 8.84. The van der Waals surface area contributed by atoms with Crippen LogP contribution in [-0.2, 0) is 14.2 Å². The summed E-state index contributed by atoms with van der Waals surface area (Å²) in [6.07, 6.45) is 1.95. The molecule has 10 nitrogen and oxygen atoms in total. The number of benzene rings is 1. The average Bonchev–Trinajstić information content (AvgIpc) is 3.47. The predicted molar refractivity (Wildman–Crippen MR) is 126 cm³/mol. The Kier molecular flexibility index (Phi) is 5.30.